The molecule has 2 fully saturated rings. The topological polar surface area (TPSA) is 39.6 Å². The van der Waals surface area contributed by atoms with Crippen LogP contribution in [-0.4, -0.2) is 48.2 Å². The van der Waals surface area contributed by atoms with Gasteiger partial charge in [0.05, 0.1) is 0 Å². The predicted molar refractivity (Wildman–Crippen MR) is 114 cm³/mol. The summed E-state index contributed by atoms with van der Waals surface area (Å²) in [7, 11) is 0. The van der Waals surface area contributed by atoms with E-state index in [1.807, 2.05) is 6.92 Å². The van der Waals surface area contributed by atoms with Gasteiger partial charge in [-0.15, -0.1) is 0 Å². The molecule has 0 aromatic heterocycles. The van der Waals surface area contributed by atoms with Crippen LogP contribution in [0, 0.1) is 16.7 Å². The lowest BCUT2D eigenvalue weighted by Gasteiger charge is -2.39. The first-order valence-corrected chi connectivity index (χ1v) is 10.5. The number of fused-ring (bicyclic) bond motifs is 1. The Balaban J connectivity index is 1.39. The molecule has 1 saturated heterocycles. The third-order valence-electron chi connectivity index (χ3n) is 6.90. The minimum absolute atomic E-state index is 0.0852. The van der Waals surface area contributed by atoms with Crippen molar-refractivity contribution in [3.63, 3.8) is 0 Å². The van der Waals surface area contributed by atoms with E-state index in [-0.39, 0.29) is 11.3 Å². The zero-order chi connectivity index (χ0) is 19.9. The number of ether oxygens (including phenoxy) is 1. The summed E-state index contributed by atoms with van der Waals surface area (Å²) >= 11 is 0. The Morgan fingerprint density at radius 3 is 2.32 bits per heavy atom. The van der Waals surface area contributed by atoms with Gasteiger partial charge in [-0.05, 0) is 43.9 Å². The second-order valence-corrected chi connectivity index (χ2v) is 9.04. The highest BCUT2D eigenvalue weighted by atomic mass is 16.5. The molecule has 4 heteroatoms. The van der Waals surface area contributed by atoms with Crippen molar-refractivity contribution in [2.75, 3.05) is 32.7 Å². The molecule has 0 bridgehead atoms. The molecular formula is C24H33N3O. The normalized spacial score (nSPS) is 29.3. The summed E-state index contributed by atoms with van der Waals surface area (Å²) in [6, 6.07) is 10.7. The zero-order valence-electron chi connectivity index (χ0n) is 17.7. The number of hydrogen-bond donors (Lipinski definition) is 1. The van der Waals surface area contributed by atoms with Gasteiger partial charge in [-0.25, -0.2) is 0 Å². The molecule has 1 aliphatic carbocycles. The Labute approximate surface area is 169 Å². The van der Waals surface area contributed by atoms with Crippen molar-refractivity contribution in [2.45, 2.75) is 40.7 Å². The predicted octanol–water partition coefficient (Wildman–Crippen LogP) is 4.45. The van der Waals surface area contributed by atoms with E-state index in [1.165, 1.54) is 16.7 Å². The van der Waals surface area contributed by atoms with Crippen LogP contribution in [0.4, 0.5) is 0 Å². The molecule has 0 spiro atoms. The Bertz CT molecular complexity index is 818. The monoisotopic (exact) mass is 379 g/mol. The van der Waals surface area contributed by atoms with Gasteiger partial charge in [-0.1, -0.05) is 37.3 Å². The maximum Gasteiger partial charge on any atom is 0.101 e. The standard InChI is InChI=1S/C24H33N3O/c1-17-18(2)28-19(3)21-14-24(4,23(25)22(17)21)16-27-12-10-26(11-13-27)15-20-8-6-5-7-9-20/h5-9,22,25H,10-16H2,1-4H3. The molecule has 1 aromatic rings. The van der Waals surface area contributed by atoms with E-state index >= 15 is 0 Å². The highest BCUT2D eigenvalue weighted by Gasteiger charge is 2.48. The molecule has 1 N–H and O–H groups in total. The van der Waals surface area contributed by atoms with E-state index in [9.17, 15) is 0 Å². The van der Waals surface area contributed by atoms with E-state index in [1.54, 1.807) is 0 Å². The maximum atomic E-state index is 8.98. The molecule has 2 aliphatic heterocycles. The Morgan fingerprint density at radius 2 is 1.64 bits per heavy atom. The van der Waals surface area contributed by atoms with Crippen LogP contribution in [0.2, 0.25) is 0 Å². The smallest absolute Gasteiger partial charge is 0.101 e. The van der Waals surface area contributed by atoms with Gasteiger partial charge >= 0.3 is 0 Å². The second-order valence-electron chi connectivity index (χ2n) is 9.04. The fourth-order valence-electron chi connectivity index (χ4n) is 5.11. The molecule has 2 unspecified atom stereocenters. The Hall–Kier alpha value is -1.91. The summed E-state index contributed by atoms with van der Waals surface area (Å²) in [6.07, 6.45) is 0.956. The molecular weight excluding hydrogens is 346 g/mol. The van der Waals surface area contributed by atoms with Crippen LogP contribution < -0.4 is 0 Å². The summed E-state index contributed by atoms with van der Waals surface area (Å²) in [6.45, 7) is 14.9. The van der Waals surface area contributed by atoms with Crippen molar-refractivity contribution >= 4 is 5.71 Å². The number of nitrogens with one attached hydrogen (secondary N) is 1. The largest absolute Gasteiger partial charge is 0.467 e. The molecule has 1 saturated carbocycles. The SMILES string of the molecule is CC1=C(C)C2C(=N)C(C)(CN3CCN(Cc4ccccc4)CC3)CC2=C(C)O1. The first kappa shape index (κ1) is 19.4. The van der Waals surface area contributed by atoms with Gasteiger partial charge in [-0.2, -0.15) is 0 Å². The summed E-state index contributed by atoms with van der Waals surface area (Å²) in [5.74, 6) is 2.17. The van der Waals surface area contributed by atoms with Crippen molar-refractivity contribution in [1.82, 2.24) is 9.80 Å². The molecule has 3 aliphatic rings. The molecule has 4 rings (SSSR count). The summed E-state index contributed by atoms with van der Waals surface area (Å²) < 4.78 is 5.96. The van der Waals surface area contributed by atoms with Crippen molar-refractivity contribution in [2.24, 2.45) is 11.3 Å². The number of benzene rings is 1. The number of allylic oxidation sites excluding steroid dienone is 4. The van der Waals surface area contributed by atoms with Crippen LogP contribution in [0.3, 0.4) is 0 Å². The highest BCUT2D eigenvalue weighted by Crippen LogP contribution is 2.50. The summed E-state index contributed by atoms with van der Waals surface area (Å²) in [5.41, 5.74) is 4.75. The molecule has 1 aromatic carbocycles. The van der Waals surface area contributed by atoms with E-state index < -0.39 is 0 Å². The fourth-order valence-corrected chi connectivity index (χ4v) is 5.11. The van der Waals surface area contributed by atoms with Gasteiger partial charge < -0.3 is 10.1 Å². The lowest BCUT2D eigenvalue weighted by Crippen LogP contribution is -2.50. The molecule has 4 nitrogen and oxygen atoms in total. The van der Waals surface area contributed by atoms with Gasteiger partial charge in [0.1, 0.15) is 11.5 Å². The van der Waals surface area contributed by atoms with Crippen LogP contribution >= 0.6 is 0 Å². The summed E-state index contributed by atoms with van der Waals surface area (Å²) in [4.78, 5) is 5.11. The minimum atomic E-state index is -0.0852. The van der Waals surface area contributed by atoms with Gasteiger partial charge in [0.2, 0.25) is 0 Å². The third kappa shape index (κ3) is 3.56. The third-order valence-corrected chi connectivity index (χ3v) is 6.90. The van der Waals surface area contributed by atoms with E-state index in [2.05, 4.69) is 60.9 Å². The maximum absolute atomic E-state index is 8.98. The van der Waals surface area contributed by atoms with Crippen LogP contribution in [0.25, 0.3) is 0 Å². The van der Waals surface area contributed by atoms with Crippen molar-refractivity contribution in [3.8, 4) is 0 Å². The average Bonchev–Trinajstić information content (AvgIpc) is 2.94. The lowest BCUT2D eigenvalue weighted by molar-refractivity contribution is 0.106. The van der Waals surface area contributed by atoms with Crippen LogP contribution in [-0.2, 0) is 11.3 Å². The first-order valence-electron chi connectivity index (χ1n) is 10.5. The Kier molecular flexibility index (Phi) is 5.19. The fraction of sp³-hybridized carbons (Fsp3) is 0.542. The van der Waals surface area contributed by atoms with Gasteiger partial charge in [0, 0.05) is 56.3 Å². The lowest BCUT2D eigenvalue weighted by atomic mass is 9.83. The molecule has 28 heavy (non-hydrogen) atoms. The second kappa shape index (κ2) is 7.49. The highest BCUT2D eigenvalue weighted by molar-refractivity contribution is 5.97. The number of piperazine rings is 1. The molecule has 0 radical (unpaired) electrons. The van der Waals surface area contributed by atoms with Crippen molar-refractivity contribution < 1.29 is 4.74 Å². The van der Waals surface area contributed by atoms with E-state index in [0.29, 0.717) is 0 Å². The van der Waals surface area contributed by atoms with Gasteiger partial charge in [0.25, 0.3) is 0 Å². The zero-order valence-corrected chi connectivity index (χ0v) is 17.7. The number of rotatable bonds is 4. The Morgan fingerprint density at radius 1 is 1.00 bits per heavy atom. The van der Waals surface area contributed by atoms with Crippen LogP contribution in [0.1, 0.15) is 39.7 Å². The molecule has 2 heterocycles. The molecule has 150 valence electrons. The van der Waals surface area contributed by atoms with E-state index in [4.69, 9.17) is 10.1 Å². The minimum Gasteiger partial charge on any atom is -0.467 e. The van der Waals surface area contributed by atoms with Crippen LogP contribution in [0.5, 0.6) is 0 Å². The van der Waals surface area contributed by atoms with Gasteiger partial charge in [-0.3, -0.25) is 9.80 Å². The van der Waals surface area contributed by atoms with Crippen molar-refractivity contribution in [3.05, 3.63) is 58.6 Å². The summed E-state index contributed by atoms with van der Waals surface area (Å²) in [5, 5.41) is 8.98. The average molecular weight is 380 g/mol. The van der Waals surface area contributed by atoms with E-state index in [0.717, 1.165) is 62.9 Å². The molecule has 0 amide bonds. The number of nitrogens with zero attached hydrogens (tertiary/aromatic N) is 2. The number of hydrogen-bond acceptors (Lipinski definition) is 4. The first-order chi connectivity index (χ1) is 13.4. The van der Waals surface area contributed by atoms with Gasteiger partial charge in [0.15, 0.2) is 0 Å². The van der Waals surface area contributed by atoms with Crippen LogP contribution in [0.15, 0.2) is 53.0 Å². The quantitative estimate of drug-likeness (QED) is 0.840. The van der Waals surface area contributed by atoms with Crippen molar-refractivity contribution in [1.29, 1.82) is 5.41 Å². The molecule has 2 atom stereocenters.